The highest BCUT2D eigenvalue weighted by atomic mass is 16.1. The molecule has 1 aliphatic rings. The molecule has 0 unspecified atom stereocenters. The maximum atomic E-state index is 12.3. The van der Waals surface area contributed by atoms with Gasteiger partial charge in [0.15, 0.2) is 0 Å². The van der Waals surface area contributed by atoms with Crippen molar-refractivity contribution in [2.75, 3.05) is 17.6 Å². The lowest BCUT2D eigenvalue weighted by atomic mass is 10.1. The predicted molar refractivity (Wildman–Crippen MR) is 98.7 cm³/mol. The molecule has 0 aromatic heterocycles. The van der Waals surface area contributed by atoms with Crippen LogP contribution in [0.15, 0.2) is 48.5 Å². The van der Waals surface area contributed by atoms with Crippen LogP contribution in [-0.4, -0.2) is 23.4 Å². The Morgan fingerprint density at radius 1 is 1.21 bits per heavy atom. The molecular weight excluding hydrogens is 298 g/mol. The summed E-state index contributed by atoms with van der Waals surface area (Å²) in [5.41, 5.74) is 9.60. The monoisotopic (exact) mass is 323 g/mol. The minimum Gasteiger partial charge on any atom is -0.399 e. The first-order valence-electron chi connectivity index (χ1n) is 8.56. The molecular formula is C20H25N3O. The maximum Gasteiger partial charge on any atom is 0.225 e. The van der Waals surface area contributed by atoms with Gasteiger partial charge in [-0.15, -0.1) is 0 Å². The van der Waals surface area contributed by atoms with Gasteiger partial charge in [-0.2, -0.15) is 0 Å². The zero-order valence-electron chi connectivity index (χ0n) is 14.2. The fraction of sp³-hybridized carbons (Fsp3) is 0.350. The van der Waals surface area contributed by atoms with E-state index in [-0.39, 0.29) is 5.91 Å². The van der Waals surface area contributed by atoms with Gasteiger partial charge in [-0.3, -0.25) is 9.69 Å². The van der Waals surface area contributed by atoms with Crippen LogP contribution in [0, 0.1) is 6.92 Å². The number of aryl methyl sites for hydroxylation is 1. The van der Waals surface area contributed by atoms with Crippen molar-refractivity contribution in [3.8, 4) is 0 Å². The van der Waals surface area contributed by atoms with E-state index in [4.69, 9.17) is 5.73 Å². The number of carbonyl (C=O) groups is 1. The van der Waals surface area contributed by atoms with Gasteiger partial charge in [0.25, 0.3) is 0 Å². The van der Waals surface area contributed by atoms with Gasteiger partial charge >= 0.3 is 0 Å². The predicted octanol–water partition coefficient (Wildman–Crippen LogP) is 3.57. The molecule has 2 aromatic rings. The minimum absolute atomic E-state index is 0.0439. The molecule has 0 saturated heterocycles. The second-order valence-corrected chi connectivity index (χ2v) is 6.56. The molecule has 126 valence electrons. The van der Waals surface area contributed by atoms with Crippen LogP contribution in [0.5, 0.6) is 0 Å². The number of hydrogen-bond acceptors (Lipinski definition) is 3. The average Bonchev–Trinajstić information content (AvgIpc) is 3.41. The molecule has 0 heterocycles. The second-order valence-electron chi connectivity index (χ2n) is 6.56. The molecule has 0 aliphatic heterocycles. The minimum atomic E-state index is 0.0439. The van der Waals surface area contributed by atoms with Gasteiger partial charge < -0.3 is 11.1 Å². The highest BCUT2D eigenvalue weighted by molar-refractivity contribution is 5.92. The van der Waals surface area contributed by atoms with Crippen molar-refractivity contribution in [1.82, 2.24) is 4.90 Å². The maximum absolute atomic E-state index is 12.3. The first kappa shape index (κ1) is 16.5. The van der Waals surface area contributed by atoms with Crippen LogP contribution in [0.1, 0.15) is 30.4 Å². The van der Waals surface area contributed by atoms with Crippen molar-refractivity contribution in [2.24, 2.45) is 0 Å². The van der Waals surface area contributed by atoms with E-state index in [1.807, 2.05) is 31.2 Å². The number of nitrogen functional groups attached to an aromatic ring is 1. The fourth-order valence-corrected chi connectivity index (χ4v) is 2.88. The summed E-state index contributed by atoms with van der Waals surface area (Å²) in [5.74, 6) is 0.0439. The van der Waals surface area contributed by atoms with E-state index in [0.29, 0.717) is 18.2 Å². The summed E-state index contributed by atoms with van der Waals surface area (Å²) in [6.07, 6.45) is 2.98. The summed E-state index contributed by atoms with van der Waals surface area (Å²) in [7, 11) is 0. The number of anilines is 2. The number of amides is 1. The van der Waals surface area contributed by atoms with Crippen LogP contribution in [0.2, 0.25) is 0 Å². The van der Waals surface area contributed by atoms with E-state index >= 15 is 0 Å². The Hall–Kier alpha value is -2.33. The van der Waals surface area contributed by atoms with Crippen molar-refractivity contribution in [2.45, 2.75) is 38.8 Å². The van der Waals surface area contributed by atoms with E-state index in [0.717, 1.165) is 24.3 Å². The zero-order valence-corrected chi connectivity index (χ0v) is 14.2. The van der Waals surface area contributed by atoms with Gasteiger partial charge in [-0.25, -0.2) is 0 Å². The summed E-state index contributed by atoms with van der Waals surface area (Å²) in [6, 6.07) is 16.7. The van der Waals surface area contributed by atoms with Gasteiger partial charge in [-0.1, -0.05) is 36.4 Å². The van der Waals surface area contributed by atoms with Gasteiger partial charge in [0.05, 0.1) is 0 Å². The Balaban J connectivity index is 1.54. The summed E-state index contributed by atoms with van der Waals surface area (Å²) in [5, 5.41) is 2.98. The standard InChI is InChI=1S/C20H25N3O/c1-15-7-8-17(21)13-19(15)22-20(24)11-12-23(18-9-10-18)14-16-5-3-2-4-6-16/h2-8,13,18H,9-12,14,21H2,1H3,(H,22,24). The highest BCUT2D eigenvalue weighted by Gasteiger charge is 2.29. The Morgan fingerprint density at radius 3 is 2.67 bits per heavy atom. The number of nitrogens with zero attached hydrogens (tertiary/aromatic N) is 1. The number of benzene rings is 2. The number of hydrogen-bond donors (Lipinski definition) is 2. The Kier molecular flexibility index (Phi) is 5.16. The number of nitrogens with one attached hydrogen (secondary N) is 1. The smallest absolute Gasteiger partial charge is 0.225 e. The van der Waals surface area contributed by atoms with E-state index in [2.05, 4.69) is 34.5 Å². The lowest BCUT2D eigenvalue weighted by molar-refractivity contribution is -0.116. The molecule has 24 heavy (non-hydrogen) atoms. The molecule has 1 saturated carbocycles. The van der Waals surface area contributed by atoms with Crippen molar-refractivity contribution < 1.29 is 4.79 Å². The molecule has 0 atom stereocenters. The third kappa shape index (κ3) is 4.59. The molecule has 1 fully saturated rings. The number of nitrogens with two attached hydrogens (primary N) is 1. The fourth-order valence-electron chi connectivity index (χ4n) is 2.88. The molecule has 0 bridgehead atoms. The molecule has 3 rings (SSSR count). The highest BCUT2D eigenvalue weighted by Crippen LogP contribution is 2.28. The van der Waals surface area contributed by atoms with Crippen LogP contribution in [-0.2, 0) is 11.3 Å². The summed E-state index contributed by atoms with van der Waals surface area (Å²) in [4.78, 5) is 14.7. The zero-order chi connectivity index (χ0) is 16.9. The van der Waals surface area contributed by atoms with Gasteiger partial charge in [0.2, 0.25) is 5.91 Å². The Bertz CT molecular complexity index is 695. The van der Waals surface area contributed by atoms with Crippen molar-refractivity contribution in [1.29, 1.82) is 0 Å². The van der Waals surface area contributed by atoms with Crippen LogP contribution in [0.3, 0.4) is 0 Å². The summed E-state index contributed by atoms with van der Waals surface area (Å²) < 4.78 is 0. The quantitative estimate of drug-likeness (QED) is 0.766. The molecule has 3 N–H and O–H groups in total. The molecule has 0 radical (unpaired) electrons. The van der Waals surface area contributed by atoms with E-state index in [9.17, 15) is 4.79 Å². The van der Waals surface area contributed by atoms with Gasteiger partial charge in [0.1, 0.15) is 0 Å². The van der Waals surface area contributed by atoms with Crippen molar-refractivity contribution >= 4 is 17.3 Å². The second kappa shape index (κ2) is 7.49. The third-order valence-corrected chi connectivity index (χ3v) is 4.45. The lowest BCUT2D eigenvalue weighted by Gasteiger charge is -2.22. The first-order chi connectivity index (χ1) is 11.6. The van der Waals surface area contributed by atoms with Crippen LogP contribution in [0.25, 0.3) is 0 Å². The topological polar surface area (TPSA) is 58.4 Å². The normalized spacial score (nSPS) is 13.9. The van der Waals surface area contributed by atoms with Crippen LogP contribution < -0.4 is 11.1 Å². The SMILES string of the molecule is Cc1ccc(N)cc1NC(=O)CCN(Cc1ccccc1)C1CC1. The Labute approximate surface area is 143 Å². The largest absolute Gasteiger partial charge is 0.399 e. The third-order valence-electron chi connectivity index (χ3n) is 4.45. The Morgan fingerprint density at radius 2 is 1.96 bits per heavy atom. The number of rotatable bonds is 7. The van der Waals surface area contributed by atoms with Crippen molar-refractivity contribution in [3.05, 3.63) is 59.7 Å². The molecule has 1 amide bonds. The van der Waals surface area contributed by atoms with E-state index in [1.165, 1.54) is 18.4 Å². The van der Waals surface area contributed by atoms with Gasteiger partial charge in [-0.05, 0) is 43.0 Å². The molecule has 1 aliphatic carbocycles. The molecule has 0 spiro atoms. The lowest BCUT2D eigenvalue weighted by Crippen LogP contribution is -2.29. The number of carbonyl (C=O) groups excluding carboxylic acids is 1. The van der Waals surface area contributed by atoms with E-state index in [1.54, 1.807) is 0 Å². The molecule has 4 heteroatoms. The van der Waals surface area contributed by atoms with E-state index < -0.39 is 0 Å². The molecule has 4 nitrogen and oxygen atoms in total. The van der Waals surface area contributed by atoms with Crippen LogP contribution >= 0.6 is 0 Å². The molecule has 2 aromatic carbocycles. The van der Waals surface area contributed by atoms with Crippen molar-refractivity contribution in [3.63, 3.8) is 0 Å². The first-order valence-corrected chi connectivity index (χ1v) is 8.56. The van der Waals surface area contributed by atoms with Crippen LogP contribution in [0.4, 0.5) is 11.4 Å². The average molecular weight is 323 g/mol. The summed E-state index contributed by atoms with van der Waals surface area (Å²) >= 11 is 0. The summed E-state index contributed by atoms with van der Waals surface area (Å²) in [6.45, 7) is 3.67. The van der Waals surface area contributed by atoms with Gasteiger partial charge in [0, 0.05) is 36.9 Å².